The highest BCUT2D eigenvalue weighted by atomic mass is 14.7. The molecule has 10 aromatic rings. The van der Waals surface area contributed by atoms with Crippen molar-refractivity contribution in [3.05, 3.63) is 258 Å². The molecule has 0 aliphatic rings. The molecule has 0 saturated carbocycles. The van der Waals surface area contributed by atoms with Gasteiger partial charge in [0.1, 0.15) is 0 Å². The van der Waals surface area contributed by atoms with Crippen LogP contribution in [0.2, 0.25) is 0 Å². The Morgan fingerprint density at radius 1 is 0.279 bits per heavy atom. The Hall–Kier alpha value is -9.03. The van der Waals surface area contributed by atoms with Crippen LogP contribution < -0.4 is 0 Å². The number of pyridine rings is 3. The van der Waals surface area contributed by atoms with E-state index in [-0.39, 0.29) is 0 Å². The molecule has 322 valence electrons. The van der Waals surface area contributed by atoms with Gasteiger partial charge in [0.2, 0.25) is 0 Å². The fourth-order valence-electron chi connectivity index (χ4n) is 8.98. The lowest BCUT2D eigenvalue weighted by Crippen LogP contribution is -1.98. The Kier molecular flexibility index (Phi) is 12.6. The molecule has 7 aromatic carbocycles. The van der Waals surface area contributed by atoms with E-state index in [9.17, 15) is 10.5 Å². The maximum Gasteiger partial charge on any atom is 0.0992 e. The van der Waals surface area contributed by atoms with Gasteiger partial charge in [-0.3, -0.25) is 15.0 Å². The third-order valence-electron chi connectivity index (χ3n) is 12.5. The van der Waals surface area contributed by atoms with E-state index in [0.717, 1.165) is 98.4 Å². The lowest BCUT2D eigenvalue weighted by molar-refractivity contribution is 0.931. The summed E-state index contributed by atoms with van der Waals surface area (Å²) in [6.07, 6.45) is 9.13. The largest absolute Gasteiger partial charge is 0.256 e. The standard InChI is InChI=1S/C63H45N5/c64-42-48-36-49(43-65)40-55(39-48)50-26-28-51(29-27-50)60-41-54(63-13-5-8-34-68-63)30-31-59(60)58-10-2-1-9-57(58)56-37-46(16-14-44-18-22-52(23-19-44)61-11-3-6-32-66-61)35-47(38-56)17-15-45-20-24-53(25-21-45)62-12-4-7-33-67-62/h1-13,18-41H,14-17H2. The zero-order chi connectivity index (χ0) is 46.1. The zero-order valence-corrected chi connectivity index (χ0v) is 37.4. The van der Waals surface area contributed by atoms with Crippen molar-refractivity contribution in [2.75, 3.05) is 0 Å². The molecule has 3 aromatic heterocycles. The van der Waals surface area contributed by atoms with Crippen LogP contribution in [0.3, 0.4) is 0 Å². The molecular formula is C63H45N5. The first-order chi connectivity index (χ1) is 33.6. The molecule has 0 saturated heterocycles. The van der Waals surface area contributed by atoms with Crippen LogP contribution >= 0.6 is 0 Å². The third kappa shape index (κ3) is 9.80. The highest BCUT2D eigenvalue weighted by molar-refractivity contribution is 5.94. The minimum atomic E-state index is 0.461. The molecule has 0 aliphatic heterocycles. The Morgan fingerprint density at radius 2 is 0.706 bits per heavy atom. The molecule has 3 heterocycles. The van der Waals surface area contributed by atoms with Gasteiger partial charge in [0, 0.05) is 35.3 Å². The number of hydrogen-bond donors (Lipinski definition) is 0. The van der Waals surface area contributed by atoms with Gasteiger partial charge in [-0.15, -0.1) is 0 Å². The monoisotopic (exact) mass is 871 g/mol. The predicted molar refractivity (Wildman–Crippen MR) is 275 cm³/mol. The van der Waals surface area contributed by atoms with Gasteiger partial charge in [-0.2, -0.15) is 10.5 Å². The lowest BCUT2D eigenvalue weighted by Gasteiger charge is -2.18. The van der Waals surface area contributed by atoms with Gasteiger partial charge in [-0.25, -0.2) is 0 Å². The van der Waals surface area contributed by atoms with Crippen LogP contribution in [0.25, 0.3) is 78.3 Å². The average molecular weight is 872 g/mol. The van der Waals surface area contributed by atoms with Gasteiger partial charge >= 0.3 is 0 Å². The molecule has 0 amide bonds. The molecule has 68 heavy (non-hydrogen) atoms. The SMILES string of the molecule is N#Cc1cc(C#N)cc(-c2ccc(-c3cc(-c4ccccn4)ccc3-c3ccccc3-c3cc(CCc4ccc(-c5ccccn5)cc4)cc(CCc4ccc(-c5ccccn5)cc4)c3)cc2)c1. The summed E-state index contributed by atoms with van der Waals surface area (Å²) < 4.78 is 0. The summed E-state index contributed by atoms with van der Waals surface area (Å²) in [5.41, 5.74) is 20.7. The zero-order valence-electron chi connectivity index (χ0n) is 37.4. The highest BCUT2D eigenvalue weighted by Crippen LogP contribution is 2.41. The second kappa shape index (κ2) is 20.0. The summed E-state index contributed by atoms with van der Waals surface area (Å²) in [5, 5.41) is 19.4. The van der Waals surface area contributed by atoms with Crippen molar-refractivity contribution in [3.63, 3.8) is 0 Å². The van der Waals surface area contributed by atoms with Crippen LogP contribution in [0.15, 0.2) is 225 Å². The third-order valence-corrected chi connectivity index (χ3v) is 12.5. The molecule has 0 bridgehead atoms. The van der Waals surface area contributed by atoms with Crippen LogP contribution in [0.4, 0.5) is 0 Å². The van der Waals surface area contributed by atoms with Gasteiger partial charge in [0.05, 0.1) is 40.3 Å². The van der Waals surface area contributed by atoms with Crippen LogP contribution in [-0.4, -0.2) is 15.0 Å². The Balaban J connectivity index is 1.02. The first-order valence-corrected chi connectivity index (χ1v) is 22.9. The normalized spacial score (nSPS) is 10.9. The van der Waals surface area contributed by atoms with Crippen LogP contribution in [0.5, 0.6) is 0 Å². The number of aryl methyl sites for hydroxylation is 4. The second-order valence-corrected chi connectivity index (χ2v) is 17.0. The minimum Gasteiger partial charge on any atom is -0.256 e. The maximum absolute atomic E-state index is 9.68. The van der Waals surface area contributed by atoms with Gasteiger partial charge in [-0.05, 0) is 153 Å². The molecule has 0 atom stereocenters. The average Bonchev–Trinajstić information content (AvgIpc) is 3.42. The van der Waals surface area contributed by atoms with E-state index in [1.54, 1.807) is 6.07 Å². The summed E-state index contributed by atoms with van der Waals surface area (Å²) in [6.45, 7) is 0. The predicted octanol–water partition coefficient (Wildman–Crippen LogP) is 14.9. The summed E-state index contributed by atoms with van der Waals surface area (Å²) in [5.74, 6) is 0. The number of hydrogen-bond acceptors (Lipinski definition) is 5. The van der Waals surface area contributed by atoms with E-state index in [4.69, 9.17) is 4.98 Å². The van der Waals surface area contributed by atoms with Gasteiger partial charge in [0.15, 0.2) is 0 Å². The minimum absolute atomic E-state index is 0.461. The van der Waals surface area contributed by atoms with Crippen molar-refractivity contribution in [1.29, 1.82) is 10.5 Å². The number of aromatic nitrogens is 3. The first kappa shape index (κ1) is 42.9. The fourth-order valence-corrected chi connectivity index (χ4v) is 8.98. The molecule has 0 unspecified atom stereocenters. The molecule has 0 fully saturated rings. The van der Waals surface area contributed by atoms with Gasteiger partial charge in [-0.1, -0.05) is 146 Å². The summed E-state index contributed by atoms with van der Waals surface area (Å²) >= 11 is 0. The molecule has 5 heteroatoms. The number of nitriles is 2. The summed E-state index contributed by atoms with van der Waals surface area (Å²) in [7, 11) is 0. The van der Waals surface area contributed by atoms with E-state index in [1.807, 2.05) is 85.3 Å². The van der Waals surface area contributed by atoms with E-state index >= 15 is 0 Å². The van der Waals surface area contributed by atoms with Gasteiger partial charge < -0.3 is 0 Å². The molecule has 0 radical (unpaired) electrons. The van der Waals surface area contributed by atoms with E-state index in [0.29, 0.717) is 11.1 Å². The Labute approximate surface area is 398 Å². The first-order valence-electron chi connectivity index (χ1n) is 22.9. The quantitative estimate of drug-likeness (QED) is 0.115. The maximum atomic E-state index is 9.68. The fraction of sp³-hybridized carbons (Fsp3) is 0.0635. The highest BCUT2D eigenvalue weighted by Gasteiger charge is 2.17. The lowest BCUT2D eigenvalue weighted by atomic mass is 9.86. The van der Waals surface area contributed by atoms with Crippen molar-refractivity contribution in [2.24, 2.45) is 0 Å². The smallest absolute Gasteiger partial charge is 0.0992 e. The second-order valence-electron chi connectivity index (χ2n) is 17.0. The van der Waals surface area contributed by atoms with Crippen molar-refractivity contribution < 1.29 is 0 Å². The van der Waals surface area contributed by atoms with Gasteiger partial charge in [0.25, 0.3) is 0 Å². The van der Waals surface area contributed by atoms with Crippen molar-refractivity contribution in [2.45, 2.75) is 25.7 Å². The Bertz CT molecular complexity index is 3290. The number of nitrogens with zero attached hydrogens (tertiary/aromatic N) is 5. The van der Waals surface area contributed by atoms with Crippen LogP contribution in [-0.2, 0) is 25.7 Å². The molecule has 0 aliphatic carbocycles. The van der Waals surface area contributed by atoms with Crippen molar-refractivity contribution in [1.82, 2.24) is 15.0 Å². The molecular weight excluding hydrogens is 827 g/mol. The van der Waals surface area contributed by atoms with E-state index < -0.39 is 0 Å². The number of rotatable bonds is 13. The summed E-state index contributed by atoms with van der Waals surface area (Å²) in [6, 6.07) is 76.3. The molecule has 0 N–H and O–H groups in total. The molecule has 0 spiro atoms. The van der Waals surface area contributed by atoms with Crippen molar-refractivity contribution >= 4 is 0 Å². The van der Waals surface area contributed by atoms with Crippen LogP contribution in [0.1, 0.15) is 33.4 Å². The topological polar surface area (TPSA) is 86.2 Å². The van der Waals surface area contributed by atoms with E-state index in [1.165, 1.54) is 27.8 Å². The Morgan fingerprint density at radius 3 is 1.21 bits per heavy atom. The summed E-state index contributed by atoms with van der Waals surface area (Å²) in [4.78, 5) is 13.8. The molecule has 5 nitrogen and oxygen atoms in total. The van der Waals surface area contributed by atoms with Crippen LogP contribution in [0, 0.1) is 22.7 Å². The number of benzene rings is 7. The van der Waals surface area contributed by atoms with Crippen molar-refractivity contribution in [3.8, 4) is 90.4 Å². The van der Waals surface area contributed by atoms with E-state index in [2.05, 4.69) is 156 Å². The molecule has 10 rings (SSSR count).